The van der Waals surface area contributed by atoms with Gasteiger partial charge in [0.15, 0.2) is 5.16 Å². The summed E-state index contributed by atoms with van der Waals surface area (Å²) >= 11 is 1.51. The Morgan fingerprint density at radius 3 is 3.09 bits per heavy atom. The highest BCUT2D eigenvalue weighted by Crippen LogP contribution is 2.31. The number of pyridine rings is 1. The molecule has 0 fully saturated rings. The van der Waals surface area contributed by atoms with Crippen LogP contribution >= 0.6 is 11.8 Å². The van der Waals surface area contributed by atoms with E-state index in [9.17, 15) is 9.59 Å². The highest BCUT2D eigenvalue weighted by atomic mass is 32.2. The molecule has 0 aromatic carbocycles. The Labute approximate surface area is 132 Å². The third-order valence-corrected chi connectivity index (χ3v) is 4.63. The van der Waals surface area contributed by atoms with Crippen molar-refractivity contribution in [3.63, 3.8) is 0 Å². The van der Waals surface area contributed by atoms with Crippen molar-refractivity contribution in [3.8, 4) is 0 Å². The van der Waals surface area contributed by atoms with Gasteiger partial charge in [-0.05, 0) is 19.1 Å². The smallest absolute Gasteiger partial charge is 0.257 e. The van der Waals surface area contributed by atoms with Crippen molar-refractivity contribution in [2.75, 3.05) is 5.75 Å². The fraction of sp³-hybridized carbons (Fsp3) is 0.333. The van der Waals surface area contributed by atoms with Crippen LogP contribution in [-0.4, -0.2) is 26.2 Å². The maximum Gasteiger partial charge on any atom is 0.257 e. The van der Waals surface area contributed by atoms with E-state index >= 15 is 0 Å². The first-order chi connectivity index (χ1) is 10.6. The molecule has 1 N–H and O–H groups in total. The van der Waals surface area contributed by atoms with Crippen LogP contribution in [0.3, 0.4) is 0 Å². The number of thioether (sulfide) groups is 1. The van der Waals surface area contributed by atoms with Crippen LogP contribution < -0.4 is 10.9 Å². The minimum Gasteiger partial charge on any atom is -0.350 e. The summed E-state index contributed by atoms with van der Waals surface area (Å²) in [4.78, 5) is 32.7. The van der Waals surface area contributed by atoms with Crippen LogP contribution in [0.25, 0.3) is 0 Å². The van der Waals surface area contributed by atoms with Gasteiger partial charge in [0.1, 0.15) is 0 Å². The van der Waals surface area contributed by atoms with Crippen LogP contribution in [0.2, 0.25) is 0 Å². The Kier molecular flexibility index (Phi) is 4.24. The van der Waals surface area contributed by atoms with Crippen LogP contribution in [0, 0.1) is 6.92 Å². The van der Waals surface area contributed by atoms with Crippen molar-refractivity contribution >= 4 is 17.7 Å². The first-order valence-corrected chi connectivity index (χ1v) is 8.01. The molecule has 1 unspecified atom stereocenters. The van der Waals surface area contributed by atoms with Gasteiger partial charge < -0.3 is 5.32 Å². The largest absolute Gasteiger partial charge is 0.350 e. The van der Waals surface area contributed by atoms with Crippen molar-refractivity contribution in [2.24, 2.45) is 0 Å². The van der Waals surface area contributed by atoms with Crippen LogP contribution in [0.5, 0.6) is 0 Å². The average Bonchev–Trinajstić information content (AvgIpc) is 2.93. The molecule has 22 heavy (non-hydrogen) atoms. The van der Waals surface area contributed by atoms with Gasteiger partial charge in [0, 0.05) is 30.1 Å². The van der Waals surface area contributed by atoms with Crippen LogP contribution in [-0.2, 0) is 11.3 Å². The fourth-order valence-electron chi connectivity index (χ4n) is 2.35. The molecule has 114 valence electrons. The van der Waals surface area contributed by atoms with E-state index in [0.717, 1.165) is 5.69 Å². The number of rotatable bonds is 4. The van der Waals surface area contributed by atoms with Gasteiger partial charge in [0.25, 0.3) is 5.56 Å². The molecule has 0 radical (unpaired) electrons. The molecule has 1 aliphatic heterocycles. The lowest BCUT2D eigenvalue weighted by Crippen LogP contribution is -2.31. The number of nitrogens with one attached hydrogen (secondary N) is 1. The average molecular weight is 316 g/mol. The third kappa shape index (κ3) is 3.04. The molecule has 0 saturated heterocycles. The zero-order valence-corrected chi connectivity index (χ0v) is 13.0. The predicted octanol–water partition coefficient (Wildman–Crippen LogP) is 1.30. The molecule has 2 aromatic rings. The molecule has 0 aliphatic carbocycles. The Bertz CT molecular complexity index is 745. The molecule has 1 atom stereocenters. The second-order valence-electron chi connectivity index (χ2n) is 5.17. The van der Waals surface area contributed by atoms with Crippen molar-refractivity contribution in [2.45, 2.75) is 31.1 Å². The monoisotopic (exact) mass is 316 g/mol. The van der Waals surface area contributed by atoms with Gasteiger partial charge in [-0.25, -0.2) is 4.98 Å². The van der Waals surface area contributed by atoms with E-state index in [1.807, 2.05) is 18.2 Å². The summed E-state index contributed by atoms with van der Waals surface area (Å²) in [5, 5.41) is 3.54. The molecule has 0 bridgehead atoms. The van der Waals surface area contributed by atoms with E-state index < -0.39 is 0 Å². The summed E-state index contributed by atoms with van der Waals surface area (Å²) in [6.45, 7) is 2.14. The number of carbonyl (C=O) groups is 1. The first kappa shape index (κ1) is 14.8. The van der Waals surface area contributed by atoms with Crippen molar-refractivity contribution in [1.29, 1.82) is 0 Å². The van der Waals surface area contributed by atoms with Gasteiger partial charge in [-0.15, -0.1) is 0 Å². The topological polar surface area (TPSA) is 76.9 Å². The molecule has 0 spiro atoms. The third-order valence-electron chi connectivity index (χ3n) is 3.51. The summed E-state index contributed by atoms with van der Waals surface area (Å²) in [5.74, 6) is 0.611. The summed E-state index contributed by atoms with van der Waals surface area (Å²) in [5.41, 5.74) is 1.36. The van der Waals surface area contributed by atoms with E-state index in [2.05, 4.69) is 15.3 Å². The molecular weight excluding hydrogens is 300 g/mol. The van der Waals surface area contributed by atoms with Crippen molar-refractivity contribution in [1.82, 2.24) is 19.9 Å². The molecule has 6 nitrogen and oxygen atoms in total. The normalized spacial score (nSPS) is 16.3. The van der Waals surface area contributed by atoms with Crippen molar-refractivity contribution < 1.29 is 4.79 Å². The molecule has 3 heterocycles. The fourth-order valence-corrected chi connectivity index (χ4v) is 3.46. The quantitative estimate of drug-likeness (QED) is 0.860. The molecule has 0 saturated carbocycles. The Morgan fingerprint density at radius 2 is 2.32 bits per heavy atom. The number of carbonyl (C=O) groups excluding carboxylic acids is 1. The van der Waals surface area contributed by atoms with E-state index in [4.69, 9.17) is 0 Å². The number of fused-ring (bicyclic) bond motifs is 1. The van der Waals surface area contributed by atoms with E-state index in [-0.39, 0.29) is 23.9 Å². The van der Waals surface area contributed by atoms with Gasteiger partial charge in [0.05, 0.1) is 18.3 Å². The lowest BCUT2D eigenvalue weighted by atomic mass is 10.2. The maximum atomic E-state index is 12.2. The number of nitrogens with zero attached hydrogens (tertiary/aromatic N) is 3. The summed E-state index contributed by atoms with van der Waals surface area (Å²) in [6.07, 6.45) is 3.56. The molecule has 2 aromatic heterocycles. The van der Waals surface area contributed by atoms with Crippen LogP contribution in [0.4, 0.5) is 0 Å². The number of hydrogen-bond acceptors (Lipinski definition) is 5. The van der Waals surface area contributed by atoms with Gasteiger partial charge in [-0.3, -0.25) is 19.1 Å². The first-order valence-electron chi connectivity index (χ1n) is 7.02. The number of hydrogen-bond donors (Lipinski definition) is 1. The van der Waals surface area contributed by atoms with E-state index in [1.54, 1.807) is 23.9 Å². The zero-order chi connectivity index (χ0) is 15.5. The zero-order valence-electron chi connectivity index (χ0n) is 12.2. The highest BCUT2D eigenvalue weighted by Gasteiger charge is 2.27. The summed E-state index contributed by atoms with van der Waals surface area (Å²) in [6, 6.07) is 5.44. The summed E-state index contributed by atoms with van der Waals surface area (Å²) < 4.78 is 1.64. The summed E-state index contributed by atoms with van der Waals surface area (Å²) in [7, 11) is 0. The van der Waals surface area contributed by atoms with Crippen LogP contribution in [0.1, 0.15) is 23.7 Å². The standard InChI is InChI=1S/C15H16N4O2S/c1-10-7-18-15-19(14(10)21)12(9-22-15)6-13(20)17-8-11-4-2-3-5-16-11/h2-5,7,12H,6,8-9H2,1H3,(H,17,20). The van der Waals surface area contributed by atoms with Crippen molar-refractivity contribution in [3.05, 3.63) is 52.2 Å². The lowest BCUT2D eigenvalue weighted by Gasteiger charge is -2.13. The van der Waals surface area contributed by atoms with Gasteiger partial charge in [-0.1, -0.05) is 17.8 Å². The van der Waals surface area contributed by atoms with E-state index in [1.165, 1.54) is 11.8 Å². The number of aryl methyl sites for hydroxylation is 1. The second kappa shape index (κ2) is 6.31. The van der Waals surface area contributed by atoms with Gasteiger partial charge >= 0.3 is 0 Å². The minimum absolute atomic E-state index is 0.0578. The Balaban J connectivity index is 1.65. The SMILES string of the molecule is Cc1cnc2n(c1=O)C(CC(=O)NCc1ccccn1)CS2. The lowest BCUT2D eigenvalue weighted by molar-refractivity contribution is -0.121. The highest BCUT2D eigenvalue weighted by molar-refractivity contribution is 7.99. The number of aromatic nitrogens is 3. The van der Waals surface area contributed by atoms with Gasteiger partial charge in [0.2, 0.25) is 5.91 Å². The molecule has 7 heteroatoms. The van der Waals surface area contributed by atoms with Gasteiger partial charge in [-0.2, -0.15) is 0 Å². The molecular formula is C15H16N4O2S. The number of amides is 1. The minimum atomic E-state index is -0.136. The molecule has 1 amide bonds. The van der Waals surface area contributed by atoms with E-state index in [0.29, 0.717) is 23.0 Å². The Morgan fingerprint density at radius 1 is 1.45 bits per heavy atom. The van der Waals surface area contributed by atoms with Crippen LogP contribution in [0.15, 0.2) is 40.5 Å². The Hall–Kier alpha value is -2.15. The molecule has 3 rings (SSSR count). The molecule has 1 aliphatic rings. The predicted molar refractivity (Wildman–Crippen MR) is 83.7 cm³/mol. The maximum absolute atomic E-state index is 12.2. The second-order valence-corrected chi connectivity index (χ2v) is 6.15.